The number of likely N-dealkylation sites (N-methyl/N-ethyl adjacent to an activating group) is 1. The lowest BCUT2D eigenvalue weighted by molar-refractivity contribution is -0.134. The van der Waals surface area contributed by atoms with Crippen LogP contribution in [0.25, 0.3) is 0 Å². The van der Waals surface area contributed by atoms with Gasteiger partial charge < -0.3 is 9.64 Å². The Morgan fingerprint density at radius 1 is 1.26 bits per heavy atom. The van der Waals surface area contributed by atoms with E-state index in [0.29, 0.717) is 30.9 Å². The fraction of sp³-hybridized carbons (Fsp3) is 0.933. The van der Waals surface area contributed by atoms with Crippen molar-refractivity contribution in [3.8, 4) is 0 Å². The van der Waals surface area contributed by atoms with Gasteiger partial charge in [0.1, 0.15) is 0 Å². The standard InChI is InChI=1S/C15H24ClNO2/c1-2-17(6-8-19-7-5-16)15(18)14-12-10-3-4-11(9-10)13(12)14/h10-14H,2-9H2,1H3. The highest BCUT2D eigenvalue weighted by Gasteiger charge is 2.67. The average molecular weight is 286 g/mol. The fourth-order valence-electron chi connectivity index (χ4n) is 4.62. The van der Waals surface area contributed by atoms with Crippen LogP contribution < -0.4 is 0 Å². The van der Waals surface area contributed by atoms with Gasteiger partial charge in [0.05, 0.1) is 13.2 Å². The normalized spacial score (nSPS) is 38.3. The maximum atomic E-state index is 12.6. The Balaban J connectivity index is 1.49. The molecule has 0 aromatic rings. The molecule has 0 aromatic heterocycles. The Kier molecular flexibility index (Phi) is 4.04. The molecule has 0 aromatic carbocycles. The summed E-state index contributed by atoms with van der Waals surface area (Å²) in [6.07, 6.45) is 4.16. The number of hydrogen-bond acceptors (Lipinski definition) is 2. The molecule has 0 spiro atoms. The SMILES string of the molecule is CCN(CCOCCCl)C(=O)C1C2C3CCC(C3)C12. The lowest BCUT2D eigenvalue weighted by Crippen LogP contribution is -2.36. The van der Waals surface area contributed by atoms with E-state index in [0.717, 1.165) is 36.8 Å². The second-order valence-corrected chi connectivity index (χ2v) is 6.61. The highest BCUT2D eigenvalue weighted by molar-refractivity contribution is 6.17. The van der Waals surface area contributed by atoms with E-state index >= 15 is 0 Å². The third-order valence-electron chi connectivity index (χ3n) is 5.44. The Morgan fingerprint density at radius 3 is 2.53 bits per heavy atom. The van der Waals surface area contributed by atoms with Gasteiger partial charge in [-0.25, -0.2) is 0 Å². The van der Waals surface area contributed by atoms with Crippen molar-refractivity contribution in [2.24, 2.45) is 29.6 Å². The minimum absolute atomic E-state index is 0.360. The second-order valence-electron chi connectivity index (χ2n) is 6.23. The molecule has 108 valence electrons. The van der Waals surface area contributed by atoms with Crippen LogP contribution in [0.2, 0.25) is 0 Å². The molecule has 4 atom stereocenters. The molecule has 3 aliphatic rings. The summed E-state index contributed by atoms with van der Waals surface area (Å²) in [5, 5.41) is 0. The molecule has 3 saturated carbocycles. The van der Waals surface area contributed by atoms with Gasteiger partial charge in [-0.2, -0.15) is 0 Å². The third-order valence-corrected chi connectivity index (χ3v) is 5.60. The monoisotopic (exact) mass is 285 g/mol. The molecule has 3 fully saturated rings. The van der Waals surface area contributed by atoms with Crippen LogP contribution in [0.3, 0.4) is 0 Å². The van der Waals surface area contributed by atoms with Crippen molar-refractivity contribution in [2.45, 2.75) is 26.2 Å². The molecule has 3 nitrogen and oxygen atoms in total. The summed E-state index contributed by atoms with van der Waals surface area (Å²) in [7, 11) is 0. The number of carbonyl (C=O) groups is 1. The number of carbonyl (C=O) groups excluding carboxylic acids is 1. The molecule has 0 aliphatic heterocycles. The van der Waals surface area contributed by atoms with Crippen LogP contribution in [0, 0.1) is 29.6 Å². The van der Waals surface area contributed by atoms with Crippen molar-refractivity contribution in [1.82, 2.24) is 4.90 Å². The molecule has 4 unspecified atom stereocenters. The lowest BCUT2D eigenvalue weighted by Gasteiger charge is -2.22. The first-order chi connectivity index (χ1) is 9.27. The zero-order chi connectivity index (χ0) is 13.4. The molecule has 4 heteroatoms. The third kappa shape index (κ3) is 2.40. The first-order valence-corrected chi connectivity index (χ1v) is 8.23. The quantitative estimate of drug-likeness (QED) is 0.531. The Hall–Kier alpha value is -0.280. The van der Waals surface area contributed by atoms with Crippen LogP contribution in [0.5, 0.6) is 0 Å². The number of nitrogens with zero attached hydrogens (tertiary/aromatic N) is 1. The van der Waals surface area contributed by atoms with Crippen LogP contribution in [-0.2, 0) is 9.53 Å². The predicted molar refractivity (Wildman–Crippen MR) is 75.1 cm³/mol. The number of halogens is 1. The van der Waals surface area contributed by atoms with Crippen molar-refractivity contribution in [2.75, 3.05) is 32.2 Å². The van der Waals surface area contributed by atoms with E-state index in [4.69, 9.17) is 16.3 Å². The topological polar surface area (TPSA) is 29.5 Å². The summed E-state index contributed by atoms with van der Waals surface area (Å²) in [5.74, 6) is 4.50. The van der Waals surface area contributed by atoms with Gasteiger partial charge in [0.25, 0.3) is 0 Å². The lowest BCUT2D eigenvalue weighted by atomic mass is 10.0. The molecule has 0 heterocycles. The molecular weight excluding hydrogens is 262 g/mol. The van der Waals surface area contributed by atoms with Gasteiger partial charge in [-0.05, 0) is 49.9 Å². The van der Waals surface area contributed by atoms with E-state index in [9.17, 15) is 4.79 Å². The molecule has 2 bridgehead atoms. The number of ether oxygens (including phenoxy) is 1. The highest BCUT2D eigenvalue weighted by Crippen LogP contribution is 2.69. The summed E-state index contributed by atoms with van der Waals surface area (Å²) in [5.41, 5.74) is 0. The van der Waals surface area contributed by atoms with E-state index in [1.54, 1.807) is 0 Å². The van der Waals surface area contributed by atoms with E-state index in [1.807, 2.05) is 4.90 Å². The van der Waals surface area contributed by atoms with Crippen molar-refractivity contribution in [3.63, 3.8) is 0 Å². The van der Waals surface area contributed by atoms with Gasteiger partial charge in [-0.3, -0.25) is 4.79 Å². The molecule has 19 heavy (non-hydrogen) atoms. The molecule has 0 radical (unpaired) electrons. The summed E-state index contributed by atoms with van der Waals surface area (Å²) in [6, 6.07) is 0. The zero-order valence-corrected chi connectivity index (χ0v) is 12.4. The molecule has 3 aliphatic carbocycles. The summed E-state index contributed by atoms with van der Waals surface area (Å²) >= 11 is 5.57. The van der Waals surface area contributed by atoms with Gasteiger partial charge in [-0.1, -0.05) is 0 Å². The molecule has 3 rings (SSSR count). The Morgan fingerprint density at radius 2 is 1.95 bits per heavy atom. The zero-order valence-electron chi connectivity index (χ0n) is 11.7. The number of amides is 1. The maximum absolute atomic E-state index is 12.6. The van der Waals surface area contributed by atoms with Crippen molar-refractivity contribution in [3.05, 3.63) is 0 Å². The molecule has 0 N–H and O–H groups in total. The summed E-state index contributed by atoms with van der Waals surface area (Å²) in [6.45, 7) is 4.77. The van der Waals surface area contributed by atoms with E-state index in [1.165, 1.54) is 19.3 Å². The summed E-state index contributed by atoms with van der Waals surface area (Å²) in [4.78, 5) is 14.6. The van der Waals surface area contributed by atoms with Crippen LogP contribution in [0.4, 0.5) is 0 Å². The minimum atomic E-state index is 0.360. The smallest absolute Gasteiger partial charge is 0.226 e. The maximum Gasteiger partial charge on any atom is 0.226 e. The van der Waals surface area contributed by atoms with E-state index in [-0.39, 0.29) is 0 Å². The Bertz CT molecular complexity index is 333. The first kappa shape index (κ1) is 13.7. The minimum Gasteiger partial charge on any atom is -0.378 e. The number of alkyl halides is 1. The number of fused-ring (bicyclic) bond motifs is 5. The van der Waals surface area contributed by atoms with Crippen molar-refractivity contribution >= 4 is 17.5 Å². The number of hydrogen-bond donors (Lipinski definition) is 0. The summed E-state index contributed by atoms with van der Waals surface area (Å²) < 4.78 is 5.39. The second kappa shape index (κ2) is 5.61. The van der Waals surface area contributed by atoms with Crippen molar-refractivity contribution < 1.29 is 9.53 Å². The van der Waals surface area contributed by atoms with Gasteiger partial charge in [0, 0.05) is 24.9 Å². The number of rotatable bonds is 7. The van der Waals surface area contributed by atoms with E-state index < -0.39 is 0 Å². The van der Waals surface area contributed by atoms with Crippen LogP contribution in [0.1, 0.15) is 26.2 Å². The van der Waals surface area contributed by atoms with Gasteiger partial charge in [0.15, 0.2) is 0 Å². The largest absolute Gasteiger partial charge is 0.378 e. The molecule has 0 saturated heterocycles. The predicted octanol–water partition coefficient (Wildman–Crippen LogP) is 2.38. The van der Waals surface area contributed by atoms with Crippen LogP contribution in [-0.4, -0.2) is 43.0 Å². The fourth-order valence-corrected chi connectivity index (χ4v) is 4.73. The van der Waals surface area contributed by atoms with E-state index in [2.05, 4.69) is 6.92 Å². The van der Waals surface area contributed by atoms with Crippen LogP contribution in [0.15, 0.2) is 0 Å². The van der Waals surface area contributed by atoms with Crippen LogP contribution >= 0.6 is 11.6 Å². The van der Waals surface area contributed by atoms with Crippen molar-refractivity contribution in [1.29, 1.82) is 0 Å². The van der Waals surface area contributed by atoms with Gasteiger partial charge in [-0.15, -0.1) is 11.6 Å². The van der Waals surface area contributed by atoms with Gasteiger partial charge >= 0.3 is 0 Å². The van der Waals surface area contributed by atoms with Gasteiger partial charge in [0.2, 0.25) is 5.91 Å². The molecular formula is C15H24ClNO2. The highest BCUT2D eigenvalue weighted by atomic mass is 35.5. The first-order valence-electron chi connectivity index (χ1n) is 7.70. The molecule has 1 amide bonds. The Labute approximate surface area is 120 Å². The average Bonchev–Trinajstić information content (AvgIpc) is 2.86.